The van der Waals surface area contributed by atoms with Gasteiger partial charge in [-0.25, -0.2) is 9.78 Å². The minimum absolute atomic E-state index is 0.0435. The van der Waals surface area contributed by atoms with E-state index in [1.54, 1.807) is 6.92 Å². The summed E-state index contributed by atoms with van der Waals surface area (Å²) < 4.78 is 6.88. The molecule has 0 saturated carbocycles. The Morgan fingerprint density at radius 1 is 1.24 bits per heavy atom. The average molecular weight is 461 g/mol. The number of aromatic nitrogens is 1. The molecule has 5 rings (SSSR count). The number of thiazole rings is 1. The number of hydrogen-bond acceptors (Lipinski definition) is 6. The molecule has 1 aliphatic rings. The van der Waals surface area contributed by atoms with Crippen LogP contribution in [0.2, 0.25) is 0 Å². The van der Waals surface area contributed by atoms with E-state index in [1.807, 2.05) is 36.4 Å². The molecule has 1 unspecified atom stereocenters. The van der Waals surface area contributed by atoms with Gasteiger partial charge in [0.1, 0.15) is 16.4 Å². The van der Waals surface area contributed by atoms with Gasteiger partial charge < -0.3 is 14.1 Å². The van der Waals surface area contributed by atoms with E-state index in [0.29, 0.717) is 28.5 Å². The maximum Gasteiger partial charge on any atom is 0.346 e. The zero-order valence-electron chi connectivity index (χ0n) is 19.5. The minimum Gasteiger partial charge on any atom is -0.422 e. The van der Waals surface area contributed by atoms with Crippen LogP contribution < -0.4 is 10.5 Å². The lowest BCUT2D eigenvalue weighted by Gasteiger charge is -2.47. The van der Waals surface area contributed by atoms with Crippen LogP contribution in [0.5, 0.6) is 0 Å². The second-order valence-electron chi connectivity index (χ2n) is 9.76. The van der Waals surface area contributed by atoms with Gasteiger partial charge in [-0.05, 0) is 69.4 Å². The van der Waals surface area contributed by atoms with Gasteiger partial charge in [-0.15, -0.1) is 11.3 Å². The molecule has 0 radical (unpaired) electrons. The second kappa shape index (κ2) is 8.10. The summed E-state index contributed by atoms with van der Waals surface area (Å²) in [5.41, 5.74) is 3.93. The highest BCUT2D eigenvalue weighted by atomic mass is 32.1. The predicted octanol–water partition coefficient (Wildman–Crippen LogP) is 6.53. The largest absolute Gasteiger partial charge is 0.422 e. The molecule has 2 aromatic carbocycles. The first-order valence-corrected chi connectivity index (χ1v) is 12.3. The summed E-state index contributed by atoms with van der Waals surface area (Å²) in [6, 6.07) is 14.0. The van der Waals surface area contributed by atoms with Gasteiger partial charge in [0.25, 0.3) is 0 Å². The number of fused-ring (bicyclic) bond motifs is 3. The van der Waals surface area contributed by atoms with Gasteiger partial charge in [-0.2, -0.15) is 0 Å². The van der Waals surface area contributed by atoms with Gasteiger partial charge in [0.2, 0.25) is 0 Å². The summed E-state index contributed by atoms with van der Waals surface area (Å²) in [7, 11) is 0. The number of ketones is 1. The van der Waals surface area contributed by atoms with E-state index in [2.05, 4.69) is 36.7 Å². The molecule has 0 aliphatic carbocycles. The highest BCUT2D eigenvalue weighted by Gasteiger charge is 2.36. The molecule has 5 nitrogen and oxygen atoms in total. The van der Waals surface area contributed by atoms with E-state index in [4.69, 9.17) is 4.42 Å². The molecule has 2 aromatic heterocycles. The Morgan fingerprint density at radius 3 is 2.79 bits per heavy atom. The predicted molar refractivity (Wildman–Crippen MR) is 135 cm³/mol. The lowest BCUT2D eigenvalue weighted by molar-refractivity contribution is -0.117. The fraction of sp³-hybridized carbons (Fsp3) is 0.370. The Labute approximate surface area is 197 Å². The van der Waals surface area contributed by atoms with Crippen molar-refractivity contribution in [1.82, 2.24) is 4.98 Å². The van der Waals surface area contributed by atoms with Gasteiger partial charge in [0.15, 0.2) is 0 Å². The van der Waals surface area contributed by atoms with Gasteiger partial charge in [0.05, 0.1) is 15.8 Å². The number of hydrogen-bond donors (Lipinski definition) is 0. The van der Waals surface area contributed by atoms with Crippen molar-refractivity contribution in [3.05, 3.63) is 58.4 Å². The van der Waals surface area contributed by atoms with Crippen LogP contribution in [0.3, 0.4) is 0 Å². The topological polar surface area (TPSA) is 63.4 Å². The van der Waals surface area contributed by atoms with Crippen LogP contribution >= 0.6 is 11.3 Å². The van der Waals surface area contributed by atoms with Crippen LogP contribution in [0.25, 0.3) is 31.8 Å². The summed E-state index contributed by atoms with van der Waals surface area (Å²) in [6.45, 7) is 9.19. The normalized spacial score (nSPS) is 17.5. The van der Waals surface area contributed by atoms with Crippen molar-refractivity contribution in [2.75, 3.05) is 11.4 Å². The molecule has 33 heavy (non-hydrogen) atoms. The molecule has 0 N–H and O–H groups in total. The highest BCUT2D eigenvalue weighted by Crippen LogP contribution is 2.45. The summed E-state index contributed by atoms with van der Waals surface area (Å²) in [4.78, 5) is 31.5. The Morgan fingerprint density at radius 2 is 2.03 bits per heavy atom. The molecule has 170 valence electrons. The number of Topliss-reactive ketones (excluding diaryl/α,β-unsaturated/α-hetero) is 1. The van der Waals surface area contributed by atoms with Crippen LogP contribution in [-0.2, 0) is 4.79 Å². The van der Waals surface area contributed by atoms with Crippen molar-refractivity contribution in [3.8, 4) is 10.6 Å². The number of para-hydroxylation sites is 1. The molecule has 0 amide bonds. The Balaban J connectivity index is 1.61. The van der Waals surface area contributed by atoms with Gasteiger partial charge in [0, 0.05) is 35.6 Å². The number of nitrogens with zero attached hydrogens (tertiary/aromatic N) is 2. The second-order valence-corrected chi connectivity index (χ2v) is 10.8. The third-order valence-corrected chi connectivity index (χ3v) is 7.74. The lowest BCUT2D eigenvalue weighted by atomic mass is 9.79. The van der Waals surface area contributed by atoms with Crippen LogP contribution in [0.4, 0.5) is 5.69 Å². The first-order valence-electron chi connectivity index (χ1n) is 11.5. The quantitative estimate of drug-likeness (QED) is 0.317. The van der Waals surface area contributed by atoms with Crippen LogP contribution in [-0.4, -0.2) is 22.9 Å². The van der Waals surface area contributed by atoms with Crippen LogP contribution in [0.15, 0.2) is 51.7 Å². The molecular formula is C27H28N2O3S. The monoisotopic (exact) mass is 460 g/mol. The molecule has 0 saturated heterocycles. The summed E-state index contributed by atoms with van der Waals surface area (Å²) >= 11 is 1.51. The molecule has 4 aromatic rings. The number of rotatable bonds is 5. The van der Waals surface area contributed by atoms with Gasteiger partial charge in [-0.3, -0.25) is 0 Å². The van der Waals surface area contributed by atoms with Crippen LogP contribution in [0.1, 0.15) is 58.4 Å². The summed E-state index contributed by atoms with van der Waals surface area (Å²) in [5.74, 6) is 0.589. The van der Waals surface area contributed by atoms with Crippen molar-refractivity contribution in [2.45, 2.75) is 58.4 Å². The fourth-order valence-corrected chi connectivity index (χ4v) is 6.11. The van der Waals surface area contributed by atoms with Crippen molar-refractivity contribution < 1.29 is 9.21 Å². The molecule has 0 fully saturated rings. The van der Waals surface area contributed by atoms with E-state index in [1.165, 1.54) is 16.9 Å². The maximum atomic E-state index is 12.9. The van der Waals surface area contributed by atoms with E-state index in [0.717, 1.165) is 40.7 Å². The van der Waals surface area contributed by atoms with Gasteiger partial charge >= 0.3 is 5.63 Å². The molecular weight excluding hydrogens is 432 g/mol. The zero-order valence-corrected chi connectivity index (χ0v) is 20.3. The first-order chi connectivity index (χ1) is 15.7. The molecule has 6 heteroatoms. The van der Waals surface area contributed by atoms with E-state index in [9.17, 15) is 9.59 Å². The SMILES string of the molecule is CC(=O)CCCN1c2cc3oc(=O)c(-c4nc5ccccc5s4)cc3cc2C(C)CC1(C)C. The Kier molecular flexibility index (Phi) is 5.36. The van der Waals surface area contributed by atoms with E-state index < -0.39 is 0 Å². The molecule has 0 bridgehead atoms. The molecule has 1 atom stereocenters. The Bertz CT molecular complexity index is 1400. The number of anilines is 1. The molecule has 0 spiro atoms. The average Bonchev–Trinajstić information content (AvgIpc) is 3.18. The van der Waals surface area contributed by atoms with Crippen molar-refractivity contribution in [3.63, 3.8) is 0 Å². The highest BCUT2D eigenvalue weighted by molar-refractivity contribution is 7.21. The smallest absolute Gasteiger partial charge is 0.346 e. The molecule has 3 heterocycles. The number of benzene rings is 2. The van der Waals surface area contributed by atoms with Crippen LogP contribution in [0, 0.1) is 0 Å². The maximum absolute atomic E-state index is 12.9. The Hall–Kier alpha value is -2.99. The van der Waals surface area contributed by atoms with E-state index in [-0.39, 0.29) is 16.9 Å². The standard InChI is InChI=1S/C27H28N2O3S/c1-16-15-27(3,4)29(11-7-8-17(2)30)22-14-23-18(12-19(16)22)13-20(26(31)32-23)25-28-21-9-5-6-10-24(21)33-25/h5-6,9-10,12-14,16H,7-8,11,15H2,1-4H3. The third-order valence-electron chi connectivity index (χ3n) is 6.67. The summed E-state index contributed by atoms with van der Waals surface area (Å²) in [6.07, 6.45) is 2.41. The number of carbonyl (C=O) groups excluding carboxylic acids is 1. The fourth-order valence-electron chi connectivity index (χ4n) is 5.14. The molecule has 1 aliphatic heterocycles. The first kappa shape index (κ1) is 21.8. The minimum atomic E-state index is -0.368. The zero-order chi connectivity index (χ0) is 23.3. The lowest BCUT2D eigenvalue weighted by Crippen LogP contribution is -2.48. The third kappa shape index (κ3) is 3.97. The van der Waals surface area contributed by atoms with E-state index >= 15 is 0 Å². The van der Waals surface area contributed by atoms with Crippen molar-refractivity contribution >= 4 is 44.0 Å². The summed E-state index contributed by atoms with van der Waals surface area (Å²) in [5, 5.41) is 1.60. The van der Waals surface area contributed by atoms with Crippen molar-refractivity contribution in [2.24, 2.45) is 0 Å². The van der Waals surface area contributed by atoms with Crippen molar-refractivity contribution in [1.29, 1.82) is 0 Å². The number of carbonyl (C=O) groups is 1. The van der Waals surface area contributed by atoms with Gasteiger partial charge in [-0.1, -0.05) is 19.1 Å².